The first-order chi connectivity index (χ1) is 5.90. The van der Waals surface area contributed by atoms with Crippen molar-refractivity contribution in [1.82, 2.24) is 5.16 Å². The Morgan fingerprint density at radius 2 is 2.50 bits per heavy atom. The SMILES string of the molecule is O=CCCc1cc(C2CC2)on1. The molecule has 1 aliphatic carbocycles. The standard InChI is InChI=1S/C9H11NO2/c11-5-1-2-8-6-9(12-10-8)7-3-4-7/h5-7H,1-4H2. The summed E-state index contributed by atoms with van der Waals surface area (Å²) in [5.74, 6) is 1.61. The normalized spacial score (nSPS) is 16.3. The van der Waals surface area contributed by atoms with E-state index in [0.717, 1.165) is 17.7 Å². The van der Waals surface area contributed by atoms with Gasteiger partial charge in [0, 0.05) is 18.4 Å². The second-order valence-corrected chi connectivity index (χ2v) is 3.20. The minimum atomic E-state index is 0.538. The maximum Gasteiger partial charge on any atom is 0.140 e. The van der Waals surface area contributed by atoms with Crippen LogP contribution in [0.5, 0.6) is 0 Å². The maximum atomic E-state index is 10.1. The van der Waals surface area contributed by atoms with Gasteiger partial charge in [-0.3, -0.25) is 0 Å². The van der Waals surface area contributed by atoms with Gasteiger partial charge in [0.2, 0.25) is 0 Å². The fourth-order valence-electron chi connectivity index (χ4n) is 1.21. The van der Waals surface area contributed by atoms with E-state index in [-0.39, 0.29) is 0 Å². The molecule has 0 atom stereocenters. The van der Waals surface area contributed by atoms with Crippen LogP contribution in [0.3, 0.4) is 0 Å². The first-order valence-electron chi connectivity index (χ1n) is 4.29. The van der Waals surface area contributed by atoms with Gasteiger partial charge in [-0.15, -0.1) is 0 Å². The Kier molecular flexibility index (Phi) is 1.94. The van der Waals surface area contributed by atoms with Gasteiger partial charge in [0.05, 0.1) is 5.69 Å². The number of nitrogens with zero attached hydrogens (tertiary/aromatic N) is 1. The molecule has 0 aliphatic heterocycles. The number of rotatable bonds is 4. The van der Waals surface area contributed by atoms with E-state index in [9.17, 15) is 4.79 Å². The fourth-order valence-corrected chi connectivity index (χ4v) is 1.21. The average Bonchev–Trinajstić information content (AvgIpc) is 2.83. The van der Waals surface area contributed by atoms with E-state index in [1.165, 1.54) is 12.8 Å². The van der Waals surface area contributed by atoms with Gasteiger partial charge < -0.3 is 9.32 Å². The second-order valence-electron chi connectivity index (χ2n) is 3.20. The van der Waals surface area contributed by atoms with E-state index >= 15 is 0 Å². The molecule has 0 unspecified atom stereocenters. The summed E-state index contributed by atoms with van der Waals surface area (Å²) in [5, 5.41) is 3.88. The summed E-state index contributed by atoms with van der Waals surface area (Å²) in [4.78, 5) is 10.1. The van der Waals surface area contributed by atoms with Gasteiger partial charge in [0.1, 0.15) is 12.0 Å². The molecule has 1 saturated carbocycles. The van der Waals surface area contributed by atoms with Crippen LogP contribution in [0.4, 0.5) is 0 Å². The van der Waals surface area contributed by atoms with Crippen LogP contribution < -0.4 is 0 Å². The van der Waals surface area contributed by atoms with E-state index in [1.807, 2.05) is 6.07 Å². The molecule has 0 aromatic carbocycles. The average molecular weight is 165 g/mol. The van der Waals surface area contributed by atoms with Gasteiger partial charge in [-0.05, 0) is 19.3 Å². The molecule has 0 amide bonds. The van der Waals surface area contributed by atoms with Crippen LogP contribution in [0.2, 0.25) is 0 Å². The molecule has 2 rings (SSSR count). The number of carbonyl (C=O) groups is 1. The van der Waals surface area contributed by atoms with Crippen molar-refractivity contribution in [3.8, 4) is 0 Å². The highest BCUT2D eigenvalue weighted by Crippen LogP contribution is 2.40. The lowest BCUT2D eigenvalue weighted by Gasteiger charge is -1.83. The summed E-state index contributed by atoms with van der Waals surface area (Å²) in [6, 6.07) is 1.97. The molecule has 1 heterocycles. The van der Waals surface area contributed by atoms with Crippen LogP contribution in [0.1, 0.15) is 36.6 Å². The third-order valence-electron chi connectivity index (χ3n) is 2.08. The van der Waals surface area contributed by atoms with Crippen molar-refractivity contribution in [2.24, 2.45) is 0 Å². The molecule has 64 valence electrons. The third-order valence-corrected chi connectivity index (χ3v) is 2.08. The highest BCUT2D eigenvalue weighted by molar-refractivity contribution is 5.49. The Bertz CT molecular complexity index is 276. The summed E-state index contributed by atoms with van der Waals surface area (Å²) in [7, 11) is 0. The minimum Gasteiger partial charge on any atom is -0.361 e. The van der Waals surface area contributed by atoms with E-state index < -0.39 is 0 Å². The van der Waals surface area contributed by atoms with Gasteiger partial charge in [0.25, 0.3) is 0 Å². The molecule has 0 N–H and O–H groups in total. The van der Waals surface area contributed by atoms with Crippen molar-refractivity contribution < 1.29 is 9.32 Å². The Hall–Kier alpha value is -1.12. The smallest absolute Gasteiger partial charge is 0.140 e. The number of carbonyl (C=O) groups excluding carboxylic acids is 1. The van der Waals surface area contributed by atoms with Crippen molar-refractivity contribution in [2.75, 3.05) is 0 Å². The summed E-state index contributed by atoms with van der Waals surface area (Å²) >= 11 is 0. The zero-order valence-corrected chi connectivity index (χ0v) is 6.82. The highest BCUT2D eigenvalue weighted by atomic mass is 16.5. The summed E-state index contributed by atoms with van der Waals surface area (Å²) in [5.41, 5.74) is 0.906. The number of hydrogen-bond donors (Lipinski definition) is 0. The monoisotopic (exact) mass is 165 g/mol. The Balaban J connectivity index is 1.98. The van der Waals surface area contributed by atoms with Crippen LogP contribution in [-0.2, 0) is 11.2 Å². The summed E-state index contributed by atoms with van der Waals surface area (Å²) < 4.78 is 5.12. The summed E-state index contributed by atoms with van der Waals surface area (Å²) in [6.07, 6.45) is 4.60. The predicted molar refractivity (Wildman–Crippen MR) is 42.9 cm³/mol. The van der Waals surface area contributed by atoms with Gasteiger partial charge >= 0.3 is 0 Å². The van der Waals surface area contributed by atoms with E-state index in [0.29, 0.717) is 18.8 Å². The van der Waals surface area contributed by atoms with Gasteiger partial charge in [-0.1, -0.05) is 5.16 Å². The largest absolute Gasteiger partial charge is 0.361 e. The molecule has 0 radical (unpaired) electrons. The molecule has 0 spiro atoms. The first kappa shape index (κ1) is 7.53. The van der Waals surface area contributed by atoms with E-state index in [4.69, 9.17) is 4.52 Å². The lowest BCUT2D eigenvalue weighted by atomic mass is 10.2. The van der Waals surface area contributed by atoms with Gasteiger partial charge in [-0.25, -0.2) is 0 Å². The zero-order chi connectivity index (χ0) is 8.39. The third kappa shape index (κ3) is 1.55. The summed E-state index contributed by atoms with van der Waals surface area (Å²) in [6.45, 7) is 0. The van der Waals surface area contributed by atoms with Crippen LogP contribution in [-0.4, -0.2) is 11.4 Å². The van der Waals surface area contributed by atoms with Crippen molar-refractivity contribution in [3.05, 3.63) is 17.5 Å². The Morgan fingerprint density at radius 1 is 1.67 bits per heavy atom. The molecule has 12 heavy (non-hydrogen) atoms. The predicted octanol–water partition coefficient (Wildman–Crippen LogP) is 1.68. The van der Waals surface area contributed by atoms with Gasteiger partial charge in [-0.2, -0.15) is 0 Å². The first-order valence-corrected chi connectivity index (χ1v) is 4.29. The number of aromatic nitrogens is 1. The lowest BCUT2D eigenvalue weighted by molar-refractivity contribution is -0.107. The second kappa shape index (κ2) is 3.09. The van der Waals surface area contributed by atoms with E-state index in [1.54, 1.807) is 0 Å². The van der Waals surface area contributed by atoms with Gasteiger partial charge in [0.15, 0.2) is 0 Å². The maximum absolute atomic E-state index is 10.1. The molecular weight excluding hydrogens is 154 g/mol. The topological polar surface area (TPSA) is 43.1 Å². The number of hydrogen-bond acceptors (Lipinski definition) is 3. The van der Waals surface area contributed by atoms with Crippen molar-refractivity contribution in [1.29, 1.82) is 0 Å². The number of aryl methyl sites for hydroxylation is 1. The Labute approximate surface area is 70.7 Å². The molecule has 3 heteroatoms. The quantitative estimate of drug-likeness (QED) is 0.637. The molecule has 1 aliphatic rings. The highest BCUT2D eigenvalue weighted by Gasteiger charge is 2.27. The minimum absolute atomic E-state index is 0.538. The van der Waals surface area contributed by atoms with Crippen molar-refractivity contribution in [3.63, 3.8) is 0 Å². The molecule has 1 fully saturated rings. The molecule has 1 aromatic heterocycles. The van der Waals surface area contributed by atoms with E-state index in [2.05, 4.69) is 5.16 Å². The molecule has 3 nitrogen and oxygen atoms in total. The molecule has 1 aromatic rings. The molecule has 0 bridgehead atoms. The van der Waals surface area contributed by atoms with Crippen LogP contribution >= 0.6 is 0 Å². The van der Waals surface area contributed by atoms with Crippen LogP contribution in [0.25, 0.3) is 0 Å². The lowest BCUT2D eigenvalue weighted by Crippen LogP contribution is -1.84. The fraction of sp³-hybridized carbons (Fsp3) is 0.556. The van der Waals surface area contributed by atoms with Crippen molar-refractivity contribution in [2.45, 2.75) is 31.6 Å². The van der Waals surface area contributed by atoms with Crippen LogP contribution in [0.15, 0.2) is 10.6 Å². The van der Waals surface area contributed by atoms with Crippen molar-refractivity contribution >= 4 is 6.29 Å². The molecule has 0 saturated heterocycles. The zero-order valence-electron chi connectivity index (χ0n) is 6.82. The molecular formula is C9H11NO2. The Morgan fingerprint density at radius 3 is 3.17 bits per heavy atom. The number of aldehydes is 1. The van der Waals surface area contributed by atoms with Crippen LogP contribution in [0, 0.1) is 0 Å².